The first-order valence-electron chi connectivity index (χ1n) is 10.5. The SMILES string of the molecule is COC(=O)C1c2c(c3ccccc3n2C)[C@@H]2C[C@H]1C(S(=O)c1ccc(C)cc1)=CN2C. The Morgan fingerprint density at radius 1 is 1.10 bits per heavy atom. The number of nitrogens with zero attached hydrogens (tertiary/aromatic N) is 2. The van der Waals surface area contributed by atoms with Crippen LogP contribution in [-0.2, 0) is 27.4 Å². The molecule has 5 nitrogen and oxygen atoms in total. The Balaban J connectivity index is 1.70. The van der Waals surface area contributed by atoms with E-state index >= 15 is 0 Å². The first-order chi connectivity index (χ1) is 14.9. The third kappa shape index (κ3) is 2.96. The van der Waals surface area contributed by atoms with Crippen molar-refractivity contribution < 1.29 is 13.7 Å². The maximum absolute atomic E-state index is 13.6. The summed E-state index contributed by atoms with van der Waals surface area (Å²) in [6, 6.07) is 16.2. The number of methoxy groups -OCH3 is 1. The molecule has 0 spiro atoms. The van der Waals surface area contributed by atoms with E-state index in [1.807, 2.05) is 63.6 Å². The number of carbonyl (C=O) groups is 1. The van der Waals surface area contributed by atoms with E-state index in [4.69, 9.17) is 4.74 Å². The second-order valence-electron chi connectivity index (χ2n) is 8.51. The van der Waals surface area contributed by atoms with E-state index < -0.39 is 16.7 Å². The van der Waals surface area contributed by atoms with Crippen molar-refractivity contribution in [2.75, 3.05) is 14.2 Å². The second kappa shape index (κ2) is 7.38. The van der Waals surface area contributed by atoms with Gasteiger partial charge in [-0.3, -0.25) is 4.79 Å². The van der Waals surface area contributed by atoms with E-state index in [9.17, 15) is 9.00 Å². The maximum Gasteiger partial charge on any atom is 0.315 e. The van der Waals surface area contributed by atoms with Gasteiger partial charge in [0, 0.05) is 58.2 Å². The number of aryl methyl sites for hydroxylation is 2. The number of hydrogen-bond acceptors (Lipinski definition) is 4. The van der Waals surface area contributed by atoms with Crippen LogP contribution in [0.3, 0.4) is 0 Å². The van der Waals surface area contributed by atoms with Crippen molar-refractivity contribution >= 4 is 27.7 Å². The Labute approximate surface area is 184 Å². The van der Waals surface area contributed by atoms with Gasteiger partial charge in [0.1, 0.15) is 5.92 Å². The summed E-state index contributed by atoms with van der Waals surface area (Å²) < 4.78 is 21.0. The molecule has 0 N–H and O–H groups in total. The number of benzene rings is 2. The van der Waals surface area contributed by atoms with Crippen LogP contribution in [0.25, 0.3) is 10.9 Å². The third-order valence-electron chi connectivity index (χ3n) is 6.79. The molecule has 2 heterocycles. The quantitative estimate of drug-likeness (QED) is 0.574. The number of fused-ring (bicyclic) bond motifs is 6. The van der Waals surface area contributed by atoms with Gasteiger partial charge in [-0.2, -0.15) is 0 Å². The van der Waals surface area contributed by atoms with Crippen LogP contribution >= 0.6 is 0 Å². The standard InChI is InChI=1S/C25H26N2O3S/c1-15-9-11-16(12-10-15)31(29)21-14-26(2)20-13-18(21)23(25(28)30-4)24-22(20)17-7-5-6-8-19(17)27(24)3/h5-12,14,18,20,23H,13H2,1-4H3/t18-,20-,23?,31?/m0/s1. The molecule has 2 unspecified atom stereocenters. The van der Waals surface area contributed by atoms with E-state index in [1.54, 1.807) is 0 Å². The monoisotopic (exact) mass is 434 g/mol. The fourth-order valence-corrected chi connectivity index (χ4v) is 6.70. The highest BCUT2D eigenvalue weighted by molar-refractivity contribution is 7.89. The van der Waals surface area contributed by atoms with Crippen LogP contribution in [0.2, 0.25) is 0 Å². The molecule has 0 amide bonds. The van der Waals surface area contributed by atoms with Crippen LogP contribution in [0.5, 0.6) is 0 Å². The van der Waals surface area contributed by atoms with E-state index in [-0.39, 0.29) is 17.9 Å². The largest absolute Gasteiger partial charge is 0.468 e. The van der Waals surface area contributed by atoms with Crippen LogP contribution in [0, 0.1) is 12.8 Å². The van der Waals surface area contributed by atoms with Gasteiger partial charge in [-0.25, -0.2) is 4.21 Å². The minimum Gasteiger partial charge on any atom is -0.468 e. The molecule has 4 atom stereocenters. The summed E-state index contributed by atoms with van der Waals surface area (Å²) in [5, 5.41) is 1.17. The number of esters is 1. The summed E-state index contributed by atoms with van der Waals surface area (Å²) in [5.74, 6) is -0.929. The highest BCUT2D eigenvalue weighted by Gasteiger charge is 2.48. The predicted octanol–water partition coefficient (Wildman–Crippen LogP) is 4.40. The zero-order valence-electron chi connectivity index (χ0n) is 18.2. The summed E-state index contributed by atoms with van der Waals surface area (Å²) in [4.78, 5) is 16.8. The molecule has 2 aliphatic rings. The van der Waals surface area contributed by atoms with Crippen molar-refractivity contribution in [1.82, 2.24) is 9.47 Å². The normalized spacial score (nSPS) is 23.3. The first kappa shape index (κ1) is 20.1. The van der Waals surface area contributed by atoms with Crippen LogP contribution in [0.15, 0.2) is 64.5 Å². The zero-order valence-corrected chi connectivity index (χ0v) is 19.0. The van der Waals surface area contributed by atoms with Gasteiger partial charge in [0.25, 0.3) is 0 Å². The summed E-state index contributed by atoms with van der Waals surface area (Å²) in [5.41, 5.74) is 4.39. The summed E-state index contributed by atoms with van der Waals surface area (Å²) >= 11 is 0. The number of carbonyl (C=O) groups excluding carboxylic acids is 1. The molecule has 0 saturated carbocycles. The molecule has 31 heavy (non-hydrogen) atoms. The van der Waals surface area contributed by atoms with Crippen LogP contribution < -0.4 is 0 Å². The topological polar surface area (TPSA) is 51.5 Å². The zero-order chi connectivity index (χ0) is 21.9. The molecule has 2 bridgehead atoms. The number of para-hydroxylation sites is 1. The van der Waals surface area contributed by atoms with E-state index in [0.717, 1.165) is 33.0 Å². The number of ether oxygens (including phenoxy) is 1. The molecule has 1 aromatic heterocycles. The lowest BCUT2D eigenvalue weighted by atomic mass is 9.73. The second-order valence-corrected chi connectivity index (χ2v) is 9.99. The molecule has 0 radical (unpaired) electrons. The third-order valence-corrected chi connectivity index (χ3v) is 8.33. The molecule has 3 aromatic rings. The van der Waals surface area contributed by atoms with Crippen molar-refractivity contribution in [3.63, 3.8) is 0 Å². The lowest BCUT2D eigenvalue weighted by molar-refractivity contribution is -0.144. The molecule has 160 valence electrons. The molecule has 0 saturated heterocycles. The Kier molecular flexibility index (Phi) is 4.77. The van der Waals surface area contributed by atoms with Gasteiger partial charge < -0.3 is 14.2 Å². The molecule has 2 aromatic carbocycles. The molecule has 1 aliphatic carbocycles. The lowest BCUT2D eigenvalue weighted by Gasteiger charge is -2.44. The van der Waals surface area contributed by atoms with Gasteiger partial charge in [0.2, 0.25) is 0 Å². The van der Waals surface area contributed by atoms with Crippen molar-refractivity contribution in [2.24, 2.45) is 13.0 Å². The number of rotatable bonds is 3. The molecule has 6 heteroatoms. The average Bonchev–Trinajstić information content (AvgIpc) is 3.08. The Hall–Kier alpha value is -2.86. The fourth-order valence-electron chi connectivity index (χ4n) is 5.28. The molecule has 1 aliphatic heterocycles. The van der Waals surface area contributed by atoms with Gasteiger partial charge in [0.05, 0.1) is 24.0 Å². The average molecular weight is 435 g/mol. The highest BCUT2D eigenvalue weighted by atomic mass is 32.2. The smallest absolute Gasteiger partial charge is 0.315 e. The van der Waals surface area contributed by atoms with Crippen LogP contribution in [-0.4, -0.2) is 33.8 Å². The predicted molar refractivity (Wildman–Crippen MR) is 122 cm³/mol. The minimum atomic E-state index is -1.35. The fraction of sp³-hybridized carbons (Fsp3) is 0.320. The van der Waals surface area contributed by atoms with Gasteiger partial charge in [-0.1, -0.05) is 35.9 Å². The number of hydrogen-bond donors (Lipinski definition) is 0. The van der Waals surface area contributed by atoms with Crippen molar-refractivity contribution in [2.45, 2.75) is 30.2 Å². The molecule has 5 rings (SSSR count). The lowest BCUT2D eigenvalue weighted by Crippen LogP contribution is -2.40. The van der Waals surface area contributed by atoms with E-state index in [2.05, 4.69) is 21.6 Å². The summed E-state index contributed by atoms with van der Waals surface area (Å²) in [6.45, 7) is 2.01. The number of allylic oxidation sites excluding steroid dienone is 1. The Morgan fingerprint density at radius 3 is 2.52 bits per heavy atom. The van der Waals surface area contributed by atoms with Crippen molar-refractivity contribution in [3.05, 3.63) is 76.5 Å². The van der Waals surface area contributed by atoms with E-state index in [1.165, 1.54) is 18.1 Å². The molecular weight excluding hydrogens is 408 g/mol. The summed E-state index contributed by atoms with van der Waals surface area (Å²) in [6.07, 6.45) is 2.73. The van der Waals surface area contributed by atoms with Crippen molar-refractivity contribution in [3.8, 4) is 0 Å². The Bertz CT molecular complexity index is 1240. The molecule has 0 fully saturated rings. The van der Waals surface area contributed by atoms with Crippen LogP contribution in [0.1, 0.15) is 35.2 Å². The number of aromatic nitrogens is 1. The highest BCUT2D eigenvalue weighted by Crippen LogP contribution is 2.53. The maximum atomic E-state index is 13.6. The molecular formula is C25H26N2O3S. The Morgan fingerprint density at radius 2 is 1.81 bits per heavy atom. The minimum absolute atomic E-state index is 0.130. The summed E-state index contributed by atoms with van der Waals surface area (Å²) in [7, 11) is 4.14. The van der Waals surface area contributed by atoms with Gasteiger partial charge >= 0.3 is 5.97 Å². The first-order valence-corrected chi connectivity index (χ1v) is 11.6. The van der Waals surface area contributed by atoms with Crippen LogP contribution in [0.4, 0.5) is 0 Å². The van der Waals surface area contributed by atoms with Crippen molar-refractivity contribution in [1.29, 1.82) is 0 Å². The van der Waals surface area contributed by atoms with E-state index in [0.29, 0.717) is 0 Å². The van der Waals surface area contributed by atoms with Gasteiger partial charge in [0.15, 0.2) is 0 Å². The van der Waals surface area contributed by atoms with Gasteiger partial charge in [-0.15, -0.1) is 0 Å². The van der Waals surface area contributed by atoms with Gasteiger partial charge in [-0.05, 0) is 31.5 Å².